The molecule has 0 saturated carbocycles. The number of anilines is 1. The normalized spacial score (nSPS) is 33.6. The Hall–Kier alpha value is -1.64. The molecule has 3 aliphatic rings. The zero-order valence-corrected chi connectivity index (χ0v) is 16.8. The minimum Gasteiger partial charge on any atom is -0.394 e. The standard InChI is InChI=1S/C16H20N6O5S2/c23-4-7-10(24)11(25)14(27-7)22-6-19-9-12(17-5-18-13(9)22)20-8-3-16(15(26)21-8)28-1-2-29-16/h5-8,10-11,14,23-25H,1-4H2,(H,21,26)(H,17,18,20)/t7-,8?,10-,11-,14-/m1/s1. The van der Waals surface area contributed by atoms with E-state index < -0.39 is 35.2 Å². The Labute approximate surface area is 173 Å². The third-order valence-corrected chi connectivity index (χ3v) is 8.76. The van der Waals surface area contributed by atoms with Gasteiger partial charge in [0.15, 0.2) is 23.2 Å². The Kier molecular flexibility index (Phi) is 4.83. The summed E-state index contributed by atoms with van der Waals surface area (Å²) in [5, 5.41) is 35.8. The number of amides is 1. The van der Waals surface area contributed by atoms with Crippen LogP contribution in [0.4, 0.5) is 5.82 Å². The summed E-state index contributed by atoms with van der Waals surface area (Å²) in [5.74, 6) is 2.38. The van der Waals surface area contributed by atoms with Gasteiger partial charge in [0.25, 0.3) is 0 Å². The average Bonchev–Trinajstić information content (AvgIpc) is 3.47. The highest BCUT2D eigenvalue weighted by molar-refractivity contribution is 8.22. The molecule has 2 aromatic rings. The number of hydrogen-bond donors (Lipinski definition) is 5. The Balaban J connectivity index is 1.40. The number of thioether (sulfide) groups is 2. The minimum atomic E-state index is -1.23. The van der Waals surface area contributed by atoms with Crippen LogP contribution in [0.25, 0.3) is 11.2 Å². The van der Waals surface area contributed by atoms with Crippen molar-refractivity contribution in [2.75, 3.05) is 23.4 Å². The molecular formula is C16H20N6O5S2. The van der Waals surface area contributed by atoms with E-state index in [0.29, 0.717) is 23.4 Å². The van der Waals surface area contributed by atoms with Crippen LogP contribution < -0.4 is 10.6 Å². The SMILES string of the molecule is O=C1NC(Nc2ncnc3c2ncn3[C@@H]2O[C@H](CO)[C@@H](O)[C@H]2O)CC12SCCS2. The predicted molar refractivity (Wildman–Crippen MR) is 106 cm³/mol. The third-order valence-electron chi connectivity index (χ3n) is 5.34. The van der Waals surface area contributed by atoms with E-state index in [4.69, 9.17) is 4.74 Å². The third kappa shape index (κ3) is 3.07. The summed E-state index contributed by atoms with van der Waals surface area (Å²) in [7, 11) is 0. The van der Waals surface area contributed by atoms with Gasteiger partial charge in [-0.05, 0) is 0 Å². The van der Waals surface area contributed by atoms with Crippen LogP contribution in [0.3, 0.4) is 0 Å². The van der Waals surface area contributed by atoms with Gasteiger partial charge in [0.05, 0.1) is 12.9 Å². The molecular weight excluding hydrogens is 420 g/mol. The molecule has 2 aromatic heterocycles. The number of hydrogen-bond acceptors (Lipinski definition) is 11. The lowest BCUT2D eigenvalue weighted by molar-refractivity contribution is -0.119. The van der Waals surface area contributed by atoms with Crippen molar-refractivity contribution in [2.24, 2.45) is 0 Å². The van der Waals surface area contributed by atoms with E-state index in [1.165, 1.54) is 17.2 Å². The van der Waals surface area contributed by atoms with Gasteiger partial charge in [0.1, 0.15) is 34.9 Å². The predicted octanol–water partition coefficient (Wildman–Crippen LogP) is -1.13. The molecule has 5 heterocycles. The molecule has 3 saturated heterocycles. The van der Waals surface area contributed by atoms with Gasteiger partial charge < -0.3 is 30.7 Å². The van der Waals surface area contributed by atoms with Gasteiger partial charge in [0, 0.05) is 17.9 Å². The van der Waals surface area contributed by atoms with Crippen molar-refractivity contribution in [2.45, 2.75) is 41.2 Å². The lowest BCUT2D eigenvalue weighted by Crippen LogP contribution is -2.34. The molecule has 1 spiro atoms. The van der Waals surface area contributed by atoms with Crippen LogP contribution in [-0.2, 0) is 9.53 Å². The number of carbonyl (C=O) groups is 1. The number of nitrogens with zero attached hydrogens (tertiary/aromatic N) is 4. The number of aromatic nitrogens is 4. The Morgan fingerprint density at radius 2 is 2.07 bits per heavy atom. The maximum Gasteiger partial charge on any atom is 0.248 e. The summed E-state index contributed by atoms with van der Waals surface area (Å²) in [4.78, 5) is 25.3. The molecule has 0 aliphatic carbocycles. The summed E-state index contributed by atoms with van der Waals surface area (Å²) < 4.78 is 6.63. The van der Waals surface area contributed by atoms with Gasteiger partial charge in [0.2, 0.25) is 5.91 Å². The largest absolute Gasteiger partial charge is 0.394 e. The van der Waals surface area contributed by atoms with Crippen LogP contribution in [0, 0.1) is 0 Å². The number of fused-ring (bicyclic) bond motifs is 1. The second kappa shape index (κ2) is 7.25. The monoisotopic (exact) mass is 440 g/mol. The van der Waals surface area contributed by atoms with Crippen LogP contribution in [0.2, 0.25) is 0 Å². The fraction of sp³-hybridized carbons (Fsp3) is 0.625. The molecule has 29 heavy (non-hydrogen) atoms. The molecule has 11 nitrogen and oxygen atoms in total. The molecule has 5 N–H and O–H groups in total. The average molecular weight is 441 g/mol. The summed E-state index contributed by atoms with van der Waals surface area (Å²) in [6, 6.07) is 0. The second-order valence-electron chi connectivity index (χ2n) is 7.10. The van der Waals surface area contributed by atoms with E-state index in [1.54, 1.807) is 23.5 Å². The van der Waals surface area contributed by atoms with E-state index in [-0.39, 0.29) is 12.1 Å². The molecule has 1 unspecified atom stereocenters. The second-order valence-corrected chi connectivity index (χ2v) is 10.1. The highest BCUT2D eigenvalue weighted by Gasteiger charge is 2.50. The van der Waals surface area contributed by atoms with Crippen molar-refractivity contribution >= 4 is 46.4 Å². The molecule has 13 heteroatoms. The molecule has 5 rings (SSSR count). The highest BCUT2D eigenvalue weighted by Crippen LogP contribution is 2.49. The van der Waals surface area contributed by atoms with Crippen LogP contribution >= 0.6 is 23.5 Å². The maximum absolute atomic E-state index is 12.4. The first kappa shape index (κ1) is 19.3. The summed E-state index contributed by atoms with van der Waals surface area (Å²) in [6.45, 7) is -0.414. The number of aliphatic hydroxyl groups is 3. The van der Waals surface area contributed by atoms with Gasteiger partial charge >= 0.3 is 0 Å². The van der Waals surface area contributed by atoms with Crippen molar-refractivity contribution in [3.8, 4) is 0 Å². The zero-order chi connectivity index (χ0) is 20.2. The topological polar surface area (TPSA) is 155 Å². The van der Waals surface area contributed by atoms with E-state index in [1.807, 2.05) is 0 Å². The smallest absolute Gasteiger partial charge is 0.248 e. The quantitative estimate of drug-likeness (QED) is 0.392. The summed E-state index contributed by atoms with van der Waals surface area (Å²) in [6.07, 6.45) is -1.12. The molecule has 3 aliphatic heterocycles. The first-order valence-electron chi connectivity index (χ1n) is 9.18. The number of aliphatic hydroxyl groups excluding tert-OH is 3. The number of ether oxygens (including phenoxy) is 1. The summed E-state index contributed by atoms with van der Waals surface area (Å²) >= 11 is 3.34. The fourth-order valence-electron chi connectivity index (χ4n) is 3.89. The molecule has 156 valence electrons. The summed E-state index contributed by atoms with van der Waals surface area (Å²) in [5.41, 5.74) is 0.855. The van der Waals surface area contributed by atoms with Crippen molar-refractivity contribution in [3.05, 3.63) is 12.7 Å². The minimum absolute atomic E-state index is 0.0184. The molecule has 0 bridgehead atoms. The van der Waals surface area contributed by atoms with Crippen molar-refractivity contribution in [1.29, 1.82) is 0 Å². The zero-order valence-electron chi connectivity index (χ0n) is 15.1. The van der Waals surface area contributed by atoms with E-state index in [9.17, 15) is 20.1 Å². The molecule has 0 aromatic carbocycles. The molecule has 0 radical (unpaired) electrons. The molecule has 3 fully saturated rings. The lowest BCUT2D eigenvalue weighted by atomic mass is 10.1. The Morgan fingerprint density at radius 1 is 1.28 bits per heavy atom. The molecule has 1 amide bonds. The van der Waals surface area contributed by atoms with E-state index in [0.717, 1.165) is 11.5 Å². The number of rotatable bonds is 4. The van der Waals surface area contributed by atoms with Crippen molar-refractivity contribution in [3.63, 3.8) is 0 Å². The van der Waals surface area contributed by atoms with Gasteiger partial charge in [-0.1, -0.05) is 0 Å². The van der Waals surface area contributed by atoms with Crippen LogP contribution in [-0.4, -0.2) is 87.4 Å². The first-order chi connectivity index (χ1) is 14.0. The lowest BCUT2D eigenvalue weighted by Gasteiger charge is -2.18. The van der Waals surface area contributed by atoms with Gasteiger partial charge in [-0.15, -0.1) is 23.5 Å². The Morgan fingerprint density at radius 3 is 2.79 bits per heavy atom. The highest BCUT2D eigenvalue weighted by atomic mass is 32.2. The van der Waals surface area contributed by atoms with Crippen molar-refractivity contribution < 1.29 is 24.9 Å². The number of nitrogens with one attached hydrogen (secondary N) is 2. The van der Waals surface area contributed by atoms with Crippen LogP contribution in [0.15, 0.2) is 12.7 Å². The number of imidazole rings is 1. The molecule has 5 atom stereocenters. The van der Waals surface area contributed by atoms with E-state index >= 15 is 0 Å². The number of carbonyl (C=O) groups excluding carboxylic acids is 1. The van der Waals surface area contributed by atoms with Crippen LogP contribution in [0.1, 0.15) is 12.6 Å². The van der Waals surface area contributed by atoms with Gasteiger partial charge in [-0.3, -0.25) is 9.36 Å². The fourth-order valence-corrected chi connectivity index (χ4v) is 7.00. The van der Waals surface area contributed by atoms with Crippen molar-refractivity contribution in [1.82, 2.24) is 24.8 Å². The van der Waals surface area contributed by atoms with Gasteiger partial charge in [-0.2, -0.15) is 0 Å². The van der Waals surface area contributed by atoms with E-state index in [2.05, 4.69) is 25.6 Å². The first-order valence-corrected chi connectivity index (χ1v) is 11.1. The Bertz CT molecular complexity index is 938. The van der Waals surface area contributed by atoms with Crippen LogP contribution in [0.5, 0.6) is 0 Å². The van der Waals surface area contributed by atoms with Gasteiger partial charge in [-0.25, -0.2) is 15.0 Å². The maximum atomic E-state index is 12.4.